The van der Waals surface area contributed by atoms with E-state index in [4.69, 9.17) is 5.10 Å². The van der Waals surface area contributed by atoms with Crippen LogP contribution in [0.3, 0.4) is 0 Å². The maximum atomic E-state index is 4.78. The molecule has 0 aliphatic rings. The maximum absolute atomic E-state index is 4.78. The molecule has 0 radical (unpaired) electrons. The summed E-state index contributed by atoms with van der Waals surface area (Å²) in [5.41, 5.74) is 4.82. The van der Waals surface area contributed by atoms with Crippen molar-refractivity contribution >= 4 is 5.71 Å². The van der Waals surface area contributed by atoms with E-state index in [0.29, 0.717) is 17.9 Å². The van der Waals surface area contributed by atoms with E-state index in [1.807, 2.05) is 0 Å². The zero-order valence-corrected chi connectivity index (χ0v) is 15.2. The average Bonchev–Trinajstić information content (AvgIpc) is 2.22. The van der Waals surface area contributed by atoms with E-state index in [0.717, 1.165) is 24.7 Å². The molecule has 0 saturated heterocycles. The Hall–Kier alpha value is -0.530. The van der Waals surface area contributed by atoms with Gasteiger partial charge in [0, 0.05) is 11.8 Å². The van der Waals surface area contributed by atoms with Crippen molar-refractivity contribution < 1.29 is 0 Å². The number of hydrazone groups is 1. The van der Waals surface area contributed by atoms with Gasteiger partial charge < -0.3 is 5.43 Å². The van der Waals surface area contributed by atoms with E-state index < -0.39 is 0 Å². The van der Waals surface area contributed by atoms with Crippen LogP contribution in [0, 0.1) is 23.7 Å². The highest BCUT2D eigenvalue weighted by molar-refractivity contribution is 5.84. The Morgan fingerprint density at radius 3 is 1.40 bits per heavy atom. The topological polar surface area (TPSA) is 24.4 Å². The van der Waals surface area contributed by atoms with E-state index in [1.54, 1.807) is 0 Å². The summed E-state index contributed by atoms with van der Waals surface area (Å²) in [4.78, 5) is 0. The van der Waals surface area contributed by atoms with Crippen molar-refractivity contribution in [2.75, 3.05) is 0 Å². The van der Waals surface area contributed by atoms with Gasteiger partial charge in [-0.3, -0.25) is 0 Å². The molecule has 0 aliphatic heterocycles. The van der Waals surface area contributed by atoms with Gasteiger partial charge in [0.1, 0.15) is 0 Å². The quantitative estimate of drug-likeness (QED) is 0.416. The number of rotatable bonds is 10. The van der Waals surface area contributed by atoms with Crippen molar-refractivity contribution in [2.24, 2.45) is 28.8 Å². The first-order valence-electron chi connectivity index (χ1n) is 8.51. The molecule has 0 spiro atoms. The zero-order valence-electron chi connectivity index (χ0n) is 15.2. The van der Waals surface area contributed by atoms with Crippen LogP contribution in [-0.2, 0) is 0 Å². The van der Waals surface area contributed by atoms with Crippen LogP contribution >= 0.6 is 0 Å². The molecule has 0 saturated carbocycles. The van der Waals surface area contributed by atoms with E-state index in [2.05, 4.69) is 60.8 Å². The van der Waals surface area contributed by atoms with Gasteiger partial charge in [-0.2, -0.15) is 5.10 Å². The Bertz CT molecular complexity index is 243. The van der Waals surface area contributed by atoms with Gasteiger partial charge in [-0.25, -0.2) is 0 Å². The average molecular weight is 283 g/mol. The van der Waals surface area contributed by atoms with Crippen LogP contribution in [-0.4, -0.2) is 11.8 Å². The molecule has 0 amide bonds. The van der Waals surface area contributed by atoms with Gasteiger partial charge in [-0.1, -0.05) is 55.4 Å². The molecule has 0 atom stereocenters. The molecule has 0 aromatic heterocycles. The van der Waals surface area contributed by atoms with Gasteiger partial charge >= 0.3 is 0 Å². The van der Waals surface area contributed by atoms with Gasteiger partial charge in [0.05, 0.1) is 0 Å². The third-order valence-corrected chi connectivity index (χ3v) is 3.20. The van der Waals surface area contributed by atoms with Crippen LogP contribution in [0.5, 0.6) is 0 Å². The van der Waals surface area contributed by atoms with Gasteiger partial charge in [-0.05, 0) is 49.4 Å². The fraction of sp³-hybridized carbons (Fsp3) is 0.944. The summed E-state index contributed by atoms with van der Waals surface area (Å²) in [7, 11) is 0. The number of hydrogen-bond acceptors (Lipinski definition) is 2. The molecular weight excluding hydrogens is 244 g/mol. The zero-order chi connectivity index (χ0) is 15.7. The number of hydrogen-bond donors (Lipinski definition) is 1. The minimum Gasteiger partial charge on any atom is -0.307 e. The van der Waals surface area contributed by atoms with Crippen molar-refractivity contribution in [1.82, 2.24) is 5.43 Å². The highest BCUT2D eigenvalue weighted by atomic mass is 15.3. The van der Waals surface area contributed by atoms with Crippen molar-refractivity contribution in [1.29, 1.82) is 0 Å². The van der Waals surface area contributed by atoms with Crippen molar-refractivity contribution in [3.8, 4) is 0 Å². The lowest BCUT2D eigenvalue weighted by Crippen LogP contribution is -2.29. The van der Waals surface area contributed by atoms with Gasteiger partial charge in [-0.15, -0.1) is 0 Å². The fourth-order valence-corrected chi connectivity index (χ4v) is 2.64. The molecule has 0 rings (SSSR count). The van der Waals surface area contributed by atoms with Crippen LogP contribution in [0.4, 0.5) is 0 Å². The molecule has 20 heavy (non-hydrogen) atoms. The molecule has 0 aliphatic carbocycles. The Kier molecular flexibility index (Phi) is 9.96. The monoisotopic (exact) mass is 282 g/mol. The molecule has 0 bridgehead atoms. The third kappa shape index (κ3) is 11.3. The van der Waals surface area contributed by atoms with E-state index >= 15 is 0 Å². The molecule has 0 aromatic rings. The predicted molar refractivity (Wildman–Crippen MR) is 92.2 cm³/mol. The smallest absolute Gasteiger partial charge is 0.0445 e. The summed E-state index contributed by atoms with van der Waals surface area (Å²) in [6.45, 7) is 18.3. The first-order chi connectivity index (χ1) is 9.20. The first-order valence-corrected chi connectivity index (χ1v) is 8.51. The molecule has 2 heteroatoms. The van der Waals surface area contributed by atoms with E-state index in [-0.39, 0.29) is 0 Å². The van der Waals surface area contributed by atoms with Crippen LogP contribution in [0.15, 0.2) is 5.10 Å². The van der Waals surface area contributed by atoms with Crippen LogP contribution in [0.25, 0.3) is 0 Å². The molecular formula is C18H38N2. The van der Waals surface area contributed by atoms with Gasteiger partial charge in [0.15, 0.2) is 0 Å². The Balaban J connectivity index is 4.63. The molecule has 120 valence electrons. The molecule has 0 heterocycles. The second-order valence-corrected chi connectivity index (χ2v) is 7.96. The molecule has 0 aromatic carbocycles. The number of nitrogens with one attached hydrogen (secondary N) is 1. The lowest BCUT2D eigenvalue weighted by Gasteiger charge is -2.22. The largest absolute Gasteiger partial charge is 0.307 e. The minimum absolute atomic E-state index is 0.518. The van der Waals surface area contributed by atoms with E-state index in [1.165, 1.54) is 18.6 Å². The summed E-state index contributed by atoms with van der Waals surface area (Å²) in [5, 5.41) is 4.78. The van der Waals surface area contributed by atoms with Crippen LogP contribution in [0.1, 0.15) is 81.1 Å². The van der Waals surface area contributed by atoms with Gasteiger partial charge in [0.25, 0.3) is 0 Å². The molecule has 0 fully saturated rings. The van der Waals surface area contributed by atoms with E-state index in [9.17, 15) is 0 Å². The summed E-state index contributed by atoms with van der Waals surface area (Å²) in [5.74, 6) is 2.81. The third-order valence-electron chi connectivity index (χ3n) is 3.20. The highest BCUT2D eigenvalue weighted by Gasteiger charge is 2.13. The second kappa shape index (κ2) is 10.2. The summed E-state index contributed by atoms with van der Waals surface area (Å²) in [6.07, 6.45) is 4.64. The number of nitrogens with zero attached hydrogens (tertiary/aromatic N) is 1. The summed E-state index contributed by atoms with van der Waals surface area (Å²) >= 11 is 0. The lowest BCUT2D eigenvalue weighted by molar-refractivity contribution is 0.365. The molecule has 1 N–H and O–H groups in total. The minimum atomic E-state index is 0.518. The second-order valence-electron chi connectivity index (χ2n) is 7.96. The molecule has 2 nitrogen and oxygen atoms in total. The van der Waals surface area contributed by atoms with Crippen molar-refractivity contribution in [3.05, 3.63) is 0 Å². The highest BCUT2D eigenvalue weighted by Crippen LogP contribution is 2.15. The SMILES string of the molecule is CC(C)CC(CC(C)C)=NNC(CC(C)C)CC(C)C. The van der Waals surface area contributed by atoms with Crippen LogP contribution < -0.4 is 5.43 Å². The van der Waals surface area contributed by atoms with Crippen molar-refractivity contribution in [2.45, 2.75) is 87.1 Å². The standard InChI is InChI=1S/C18H38N2/c1-13(2)9-17(10-14(3)4)19-20-18(11-15(5)6)12-16(7)8/h13-17,19H,9-12H2,1-8H3. The van der Waals surface area contributed by atoms with Crippen molar-refractivity contribution in [3.63, 3.8) is 0 Å². The molecule has 0 unspecified atom stereocenters. The lowest BCUT2D eigenvalue weighted by atomic mass is 9.96. The Morgan fingerprint density at radius 1 is 0.700 bits per heavy atom. The Labute approximate surface area is 127 Å². The van der Waals surface area contributed by atoms with Gasteiger partial charge in [0.2, 0.25) is 0 Å². The maximum Gasteiger partial charge on any atom is 0.0445 e. The summed E-state index contributed by atoms with van der Waals surface area (Å²) in [6, 6.07) is 0.518. The van der Waals surface area contributed by atoms with Crippen LogP contribution in [0.2, 0.25) is 0 Å². The first kappa shape index (κ1) is 19.5. The predicted octanol–water partition coefficient (Wildman–Crippen LogP) is 5.49. The summed E-state index contributed by atoms with van der Waals surface area (Å²) < 4.78 is 0. The fourth-order valence-electron chi connectivity index (χ4n) is 2.64. The Morgan fingerprint density at radius 2 is 1.10 bits per heavy atom. The normalized spacial score (nSPS) is 12.1.